The first-order chi connectivity index (χ1) is 8.72. The van der Waals surface area contributed by atoms with Gasteiger partial charge in [-0.05, 0) is 18.9 Å². The summed E-state index contributed by atoms with van der Waals surface area (Å²) in [5.74, 6) is 0.0237. The minimum absolute atomic E-state index is 0.0237. The van der Waals surface area contributed by atoms with Crippen molar-refractivity contribution < 1.29 is 14.6 Å². The Labute approximate surface area is 106 Å². The quantitative estimate of drug-likeness (QED) is 0.822. The molecule has 0 saturated carbocycles. The first-order valence-electron chi connectivity index (χ1n) is 6.22. The number of hydrogen-bond donors (Lipinski definition) is 1. The molecule has 18 heavy (non-hydrogen) atoms. The lowest BCUT2D eigenvalue weighted by Gasteiger charge is -2.31. The van der Waals surface area contributed by atoms with E-state index >= 15 is 0 Å². The largest absolute Gasteiger partial charge is 0.394 e. The van der Waals surface area contributed by atoms with E-state index in [1.54, 1.807) is 24.0 Å². The van der Waals surface area contributed by atoms with Crippen molar-refractivity contribution in [1.29, 1.82) is 0 Å². The van der Waals surface area contributed by atoms with E-state index < -0.39 is 0 Å². The second-order valence-electron chi connectivity index (χ2n) is 4.43. The fraction of sp³-hybridized carbons (Fsp3) is 0.667. The van der Waals surface area contributed by atoms with Crippen LogP contribution in [0.5, 0.6) is 0 Å². The van der Waals surface area contributed by atoms with E-state index in [4.69, 9.17) is 9.84 Å². The second-order valence-corrected chi connectivity index (χ2v) is 4.43. The van der Waals surface area contributed by atoms with Gasteiger partial charge in [0.1, 0.15) is 5.69 Å². The Balaban J connectivity index is 1.86. The molecule has 1 aromatic heterocycles. The Morgan fingerprint density at radius 1 is 1.56 bits per heavy atom. The molecule has 1 aliphatic heterocycles. The van der Waals surface area contributed by atoms with Crippen LogP contribution in [-0.4, -0.2) is 58.1 Å². The number of aliphatic hydroxyl groups excluding tert-OH is 1. The zero-order valence-corrected chi connectivity index (χ0v) is 10.6. The molecule has 1 saturated heterocycles. The molecule has 6 heteroatoms. The minimum Gasteiger partial charge on any atom is -0.394 e. The summed E-state index contributed by atoms with van der Waals surface area (Å²) in [7, 11) is 1.77. The Hall–Kier alpha value is -1.40. The van der Waals surface area contributed by atoms with Crippen LogP contribution in [0.3, 0.4) is 0 Å². The molecule has 2 heterocycles. The van der Waals surface area contributed by atoms with Gasteiger partial charge in [-0.25, -0.2) is 0 Å². The van der Waals surface area contributed by atoms with Crippen molar-refractivity contribution in [2.45, 2.75) is 18.9 Å². The molecule has 0 aliphatic carbocycles. The average Bonchev–Trinajstić information content (AvgIpc) is 2.82. The molecule has 100 valence electrons. The third-order valence-electron chi connectivity index (χ3n) is 3.21. The van der Waals surface area contributed by atoms with Crippen LogP contribution < -0.4 is 0 Å². The van der Waals surface area contributed by atoms with E-state index in [2.05, 4.69) is 5.10 Å². The van der Waals surface area contributed by atoms with Gasteiger partial charge in [0.05, 0.1) is 19.3 Å². The molecule has 0 radical (unpaired) electrons. The van der Waals surface area contributed by atoms with Crippen molar-refractivity contribution in [2.24, 2.45) is 7.05 Å². The third kappa shape index (κ3) is 2.88. The van der Waals surface area contributed by atoms with Gasteiger partial charge in [0.2, 0.25) is 0 Å². The highest BCUT2D eigenvalue weighted by Crippen LogP contribution is 2.15. The predicted octanol–water partition coefficient (Wildman–Crippen LogP) is 0.0336. The summed E-state index contributed by atoms with van der Waals surface area (Å²) in [6.45, 7) is 1.81. The molecule has 1 aliphatic rings. The summed E-state index contributed by atoms with van der Waals surface area (Å²) in [6.07, 6.45) is 3.44. The van der Waals surface area contributed by atoms with Crippen molar-refractivity contribution in [3.8, 4) is 0 Å². The summed E-state index contributed by atoms with van der Waals surface area (Å²) >= 11 is 0. The summed E-state index contributed by atoms with van der Waals surface area (Å²) in [6, 6.07) is 1.73. The number of hydrogen-bond acceptors (Lipinski definition) is 4. The Morgan fingerprint density at radius 3 is 2.83 bits per heavy atom. The van der Waals surface area contributed by atoms with Gasteiger partial charge < -0.3 is 14.7 Å². The molecule has 0 aromatic carbocycles. The van der Waals surface area contributed by atoms with Crippen LogP contribution in [0.1, 0.15) is 23.3 Å². The molecule has 1 N–H and O–H groups in total. The Morgan fingerprint density at radius 2 is 2.28 bits per heavy atom. The van der Waals surface area contributed by atoms with E-state index in [9.17, 15) is 4.79 Å². The number of likely N-dealkylation sites (tertiary alicyclic amines) is 1. The zero-order chi connectivity index (χ0) is 13.0. The van der Waals surface area contributed by atoms with Gasteiger partial charge in [-0.1, -0.05) is 0 Å². The number of piperidine rings is 1. The molecule has 0 atom stereocenters. The number of ether oxygens (including phenoxy) is 1. The van der Waals surface area contributed by atoms with Crippen molar-refractivity contribution in [3.63, 3.8) is 0 Å². The first-order valence-corrected chi connectivity index (χ1v) is 6.22. The lowest BCUT2D eigenvalue weighted by Crippen LogP contribution is -2.41. The monoisotopic (exact) mass is 253 g/mol. The van der Waals surface area contributed by atoms with Gasteiger partial charge in [-0.3, -0.25) is 9.48 Å². The number of carbonyl (C=O) groups excluding carboxylic acids is 1. The summed E-state index contributed by atoms with van der Waals surface area (Å²) < 4.78 is 7.06. The molecule has 6 nitrogen and oxygen atoms in total. The molecule has 0 unspecified atom stereocenters. The van der Waals surface area contributed by atoms with Crippen LogP contribution in [0, 0.1) is 0 Å². The number of nitrogens with zero attached hydrogens (tertiary/aromatic N) is 3. The summed E-state index contributed by atoms with van der Waals surface area (Å²) in [5, 5.41) is 12.7. The molecule has 1 fully saturated rings. The minimum atomic E-state index is 0.0237. The number of amides is 1. The lowest BCUT2D eigenvalue weighted by molar-refractivity contribution is -0.00573. The Bertz CT molecular complexity index is 397. The van der Waals surface area contributed by atoms with Gasteiger partial charge in [-0.15, -0.1) is 0 Å². The Kier molecular flexibility index (Phi) is 4.33. The normalized spacial score (nSPS) is 17.1. The molecule has 1 aromatic rings. The van der Waals surface area contributed by atoms with Crippen LogP contribution in [0.2, 0.25) is 0 Å². The smallest absolute Gasteiger partial charge is 0.272 e. The van der Waals surface area contributed by atoms with Crippen LogP contribution in [-0.2, 0) is 11.8 Å². The number of rotatable bonds is 4. The summed E-state index contributed by atoms with van der Waals surface area (Å²) in [5.41, 5.74) is 0.615. The van der Waals surface area contributed by atoms with Gasteiger partial charge in [0.25, 0.3) is 5.91 Å². The van der Waals surface area contributed by atoms with Crippen LogP contribution in [0.4, 0.5) is 0 Å². The van der Waals surface area contributed by atoms with E-state index in [0.29, 0.717) is 25.4 Å². The SMILES string of the molecule is Cn1nccc1C(=O)N1CCC(OCCO)CC1. The fourth-order valence-corrected chi connectivity index (χ4v) is 2.19. The highest BCUT2D eigenvalue weighted by atomic mass is 16.5. The highest BCUT2D eigenvalue weighted by molar-refractivity contribution is 5.92. The predicted molar refractivity (Wildman–Crippen MR) is 65.2 cm³/mol. The average molecular weight is 253 g/mol. The molecule has 0 bridgehead atoms. The molecular weight excluding hydrogens is 234 g/mol. The first kappa shape index (κ1) is 13.0. The highest BCUT2D eigenvalue weighted by Gasteiger charge is 2.25. The maximum atomic E-state index is 12.2. The maximum absolute atomic E-state index is 12.2. The molecular formula is C12H19N3O3. The van der Waals surface area contributed by atoms with Gasteiger partial charge in [-0.2, -0.15) is 5.10 Å². The van der Waals surface area contributed by atoms with Crippen LogP contribution >= 0.6 is 0 Å². The number of aliphatic hydroxyl groups is 1. The van der Waals surface area contributed by atoms with E-state index in [-0.39, 0.29) is 18.6 Å². The van der Waals surface area contributed by atoms with Crippen molar-refractivity contribution in [2.75, 3.05) is 26.3 Å². The second kappa shape index (κ2) is 5.97. The van der Waals surface area contributed by atoms with Crippen molar-refractivity contribution >= 4 is 5.91 Å². The molecule has 1 amide bonds. The standard InChI is InChI=1S/C12H19N3O3/c1-14-11(2-5-13-14)12(17)15-6-3-10(4-7-15)18-9-8-16/h2,5,10,16H,3-4,6-9H2,1H3. The third-order valence-corrected chi connectivity index (χ3v) is 3.21. The van der Waals surface area contributed by atoms with Gasteiger partial charge in [0.15, 0.2) is 0 Å². The van der Waals surface area contributed by atoms with Gasteiger partial charge >= 0.3 is 0 Å². The zero-order valence-electron chi connectivity index (χ0n) is 10.6. The topological polar surface area (TPSA) is 67.6 Å². The van der Waals surface area contributed by atoms with Crippen molar-refractivity contribution in [1.82, 2.24) is 14.7 Å². The maximum Gasteiger partial charge on any atom is 0.272 e. The number of aromatic nitrogens is 2. The molecule has 2 rings (SSSR count). The van der Waals surface area contributed by atoms with Crippen LogP contribution in [0.15, 0.2) is 12.3 Å². The van der Waals surface area contributed by atoms with E-state index in [0.717, 1.165) is 12.8 Å². The van der Waals surface area contributed by atoms with Crippen molar-refractivity contribution in [3.05, 3.63) is 18.0 Å². The van der Waals surface area contributed by atoms with Crippen LogP contribution in [0.25, 0.3) is 0 Å². The van der Waals surface area contributed by atoms with E-state index in [1.165, 1.54) is 0 Å². The fourth-order valence-electron chi connectivity index (χ4n) is 2.19. The van der Waals surface area contributed by atoms with Gasteiger partial charge in [0, 0.05) is 26.3 Å². The summed E-state index contributed by atoms with van der Waals surface area (Å²) in [4.78, 5) is 14.0. The number of aryl methyl sites for hydroxylation is 1. The van der Waals surface area contributed by atoms with E-state index in [1.807, 2.05) is 4.90 Å². The molecule has 0 spiro atoms. The lowest BCUT2D eigenvalue weighted by atomic mass is 10.1. The number of carbonyl (C=O) groups is 1.